The molecule has 0 aliphatic carbocycles. The predicted octanol–water partition coefficient (Wildman–Crippen LogP) is 1.11. The molecular formula is C16H17N3O7S2. The lowest BCUT2D eigenvalue weighted by molar-refractivity contribution is -0.0258. The SMILES string of the molecule is CON(C)S(=O)(=O)c1ccc(NS(=O)(=O)c2ccc3c(c2)oc(=O)n3C)cc1. The van der Waals surface area contributed by atoms with Gasteiger partial charge >= 0.3 is 5.76 Å². The molecule has 0 fully saturated rings. The van der Waals surface area contributed by atoms with E-state index in [1.807, 2.05) is 0 Å². The third-order valence-electron chi connectivity index (χ3n) is 4.07. The highest BCUT2D eigenvalue weighted by atomic mass is 32.2. The normalized spacial score (nSPS) is 12.6. The number of nitrogens with one attached hydrogen (secondary N) is 1. The number of aryl methyl sites for hydroxylation is 1. The lowest BCUT2D eigenvalue weighted by Gasteiger charge is -2.14. The molecule has 0 aliphatic rings. The van der Waals surface area contributed by atoms with E-state index >= 15 is 0 Å². The van der Waals surface area contributed by atoms with Gasteiger partial charge in [0, 0.05) is 25.8 Å². The third kappa shape index (κ3) is 3.54. The average molecular weight is 427 g/mol. The Morgan fingerprint density at radius 3 is 2.25 bits per heavy atom. The van der Waals surface area contributed by atoms with E-state index in [9.17, 15) is 21.6 Å². The number of hydroxylamine groups is 1. The third-order valence-corrected chi connectivity index (χ3v) is 7.15. The summed E-state index contributed by atoms with van der Waals surface area (Å²) in [6.45, 7) is 0. The molecule has 0 atom stereocenters. The molecule has 3 aromatic rings. The van der Waals surface area contributed by atoms with E-state index in [0.717, 1.165) is 0 Å². The van der Waals surface area contributed by atoms with Gasteiger partial charge in [0.05, 0.1) is 22.4 Å². The highest BCUT2D eigenvalue weighted by molar-refractivity contribution is 7.92. The predicted molar refractivity (Wildman–Crippen MR) is 101 cm³/mol. The summed E-state index contributed by atoms with van der Waals surface area (Å²) in [5.74, 6) is -0.602. The number of oxazole rings is 1. The minimum atomic E-state index is -3.98. The van der Waals surface area contributed by atoms with Crippen LogP contribution in [0.25, 0.3) is 11.1 Å². The Morgan fingerprint density at radius 2 is 1.64 bits per heavy atom. The molecule has 3 rings (SSSR count). The molecule has 0 bridgehead atoms. The van der Waals surface area contributed by atoms with Crippen molar-refractivity contribution in [1.29, 1.82) is 0 Å². The van der Waals surface area contributed by atoms with Crippen LogP contribution >= 0.6 is 0 Å². The smallest absolute Gasteiger partial charge is 0.408 e. The highest BCUT2D eigenvalue weighted by Gasteiger charge is 2.21. The van der Waals surface area contributed by atoms with Crippen molar-refractivity contribution in [3.63, 3.8) is 0 Å². The van der Waals surface area contributed by atoms with Gasteiger partial charge in [-0.2, -0.15) is 0 Å². The van der Waals surface area contributed by atoms with E-state index in [-0.39, 0.29) is 21.1 Å². The molecule has 0 amide bonds. The van der Waals surface area contributed by atoms with E-state index in [2.05, 4.69) is 9.56 Å². The highest BCUT2D eigenvalue weighted by Crippen LogP contribution is 2.22. The second-order valence-corrected chi connectivity index (χ2v) is 9.40. The van der Waals surface area contributed by atoms with Crippen molar-refractivity contribution >= 4 is 36.8 Å². The molecule has 10 nitrogen and oxygen atoms in total. The Labute approximate surface area is 161 Å². The van der Waals surface area contributed by atoms with E-state index in [0.29, 0.717) is 9.99 Å². The number of rotatable bonds is 6. The molecule has 12 heteroatoms. The van der Waals surface area contributed by atoms with Crippen molar-refractivity contribution in [2.24, 2.45) is 7.05 Å². The first-order chi connectivity index (χ1) is 13.1. The number of fused-ring (bicyclic) bond motifs is 1. The number of anilines is 1. The maximum atomic E-state index is 12.6. The van der Waals surface area contributed by atoms with Crippen molar-refractivity contribution < 1.29 is 26.1 Å². The summed E-state index contributed by atoms with van der Waals surface area (Å²) in [6.07, 6.45) is 0. The first-order valence-corrected chi connectivity index (χ1v) is 10.7. The fourth-order valence-corrected chi connectivity index (χ4v) is 4.48. The first-order valence-electron chi connectivity index (χ1n) is 7.82. The van der Waals surface area contributed by atoms with Gasteiger partial charge in [0.25, 0.3) is 20.0 Å². The standard InChI is InChI=1S/C16H17N3O7S2/c1-18-14-9-8-13(10-15(14)26-16(18)20)27(21,22)17-11-4-6-12(7-5-11)28(23,24)19(2)25-3/h4-10,17H,1-3H3. The van der Waals surface area contributed by atoms with Crippen LogP contribution < -0.4 is 10.5 Å². The van der Waals surface area contributed by atoms with Gasteiger partial charge in [0.15, 0.2) is 5.58 Å². The number of sulfonamides is 2. The molecule has 0 radical (unpaired) electrons. The number of hydrogen-bond donors (Lipinski definition) is 1. The molecule has 0 unspecified atom stereocenters. The van der Waals surface area contributed by atoms with Gasteiger partial charge in [-0.05, 0) is 36.4 Å². The van der Waals surface area contributed by atoms with E-state index < -0.39 is 25.8 Å². The second-order valence-electron chi connectivity index (χ2n) is 5.78. The molecule has 1 aromatic heterocycles. The van der Waals surface area contributed by atoms with Gasteiger partial charge in [-0.15, -0.1) is 0 Å². The average Bonchev–Trinajstić information content (AvgIpc) is 2.94. The van der Waals surface area contributed by atoms with Gasteiger partial charge in [0.2, 0.25) is 0 Å². The van der Waals surface area contributed by atoms with Gasteiger partial charge in [-0.1, -0.05) is 4.47 Å². The van der Waals surface area contributed by atoms with Crippen LogP contribution in [0.1, 0.15) is 0 Å². The summed E-state index contributed by atoms with van der Waals surface area (Å²) in [5.41, 5.74) is 0.758. The van der Waals surface area contributed by atoms with Crippen molar-refractivity contribution in [1.82, 2.24) is 9.04 Å². The molecule has 1 heterocycles. The number of hydrogen-bond acceptors (Lipinski definition) is 7. The van der Waals surface area contributed by atoms with E-state index in [1.54, 1.807) is 0 Å². The Morgan fingerprint density at radius 1 is 1.04 bits per heavy atom. The summed E-state index contributed by atoms with van der Waals surface area (Å²) >= 11 is 0. The minimum absolute atomic E-state index is 0.0627. The van der Waals surface area contributed by atoms with Gasteiger partial charge in [0.1, 0.15) is 0 Å². The maximum Gasteiger partial charge on any atom is 0.419 e. The number of nitrogens with zero attached hydrogens (tertiary/aromatic N) is 2. The van der Waals surface area contributed by atoms with Gasteiger partial charge in [-0.25, -0.2) is 21.6 Å². The molecule has 0 saturated carbocycles. The number of aromatic nitrogens is 1. The van der Waals surface area contributed by atoms with Crippen LogP contribution in [0.15, 0.2) is 61.5 Å². The zero-order valence-electron chi connectivity index (χ0n) is 15.1. The van der Waals surface area contributed by atoms with Crippen LogP contribution in [0.3, 0.4) is 0 Å². The van der Waals surface area contributed by atoms with Gasteiger partial charge in [-0.3, -0.25) is 14.1 Å². The summed E-state index contributed by atoms with van der Waals surface area (Å²) in [7, 11) is -3.86. The van der Waals surface area contributed by atoms with E-state index in [1.165, 1.54) is 68.2 Å². The zero-order chi connectivity index (χ0) is 20.7. The summed E-state index contributed by atoms with van der Waals surface area (Å²) < 4.78 is 58.8. The summed E-state index contributed by atoms with van der Waals surface area (Å²) in [4.78, 5) is 16.1. The summed E-state index contributed by atoms with van der Waals surface area (Å²) in [6, 6.07) is 9.18. The molecule has 28 heavy (non-hydrogen) atoms. The molecule has 150 valence electrons. The van der Waals surface area contributed by atoms with Crippen LogP contribution in [-0.2, 0) is 31.9 Å². The van der Waals surface area contributed by atoms with E-state index in [4.69, 9.17) is 4.42 Å². The number of benzene rings is 2. The maximum absolute atomic E-state index is 12.6. The van der Waals surface area contributed by atoms with Crippen molar-refractivity contribution in [2.75, 3.05) is 18.9 Å². The lowest BCUT2D eigenvalue weighted by Crippen LogP contribution is -2.25. The minimum Gasteiger partial charge on any atom is -0.408 e. The molecule has 1 N–H and O–H groups in total. The Hall–Kier alpha value is -2.67. The van der Waals surface area contributed by atoms with Crippen LogP contribution in [0.4, 0.5) is 5.69 Å². The second kappa shape index (κ2) is 7.05. The first kappa shape index (κ1) is 20.1. The quantitative estimate of drug-likeness (QED) is 0.584. The van der Waals surface area contributed by atoms with Gasteiger partial charge < -0.3 is 4.42 Å². The molecule has 0 aliphatic heterocycles. The van der Waals surface area contributed by atoms with Crippen LogP contribution in [0.2, 0.25) is 0 Å². The molecule has 0 spiro atoms. The fourth-order valence-electron chi connectivity index (χ4n) is 2.44. The molecular weight excluding hydrogens is 410 g/mol. The Balaban J connectivity index is 1.89. The van der Waals surface area contributed by atoms with Crippen LogP contribution in [0.5, 0.6) is 0 Å². The van der Waals surface area contributed by atoms with Crippen molar-refractivity contribution in [3.05, 3.63) is 53.0 Å². The fraction of sp³-hybridized carbons (Fsp3) is 0.188. The van der Waals surface area contributed by atoms with Crippen molar-refractivity contribution in [3.8, 4) is 0 Å². The van der Waals surface area contributed by atoms with Crippen LogP contribution in [0, 0.1) is 0 Å². The monoisotopic (exact) mass is 427 g/mol. The lowest BCUT2D eigenvalue weighted by atomic mass is 10.3. The topological polar surface area (TPSA) is 128 Å². The molecule has 2 aromatic carbocycles. The molecule has 0 saturated heterocycles. The Kier molecular flexibility index (Phi) is 5.06. The van der Waals surface area contributed by atoms with Crippen molar-refractivity contribution in [2.45, 2.75) is 9.79 Å². The summed E-state index contributed by atoms with van der Waals surface area (Å²) in [5, 5.41) is 0. The largest absolute Gasteiger partial charge is 0.419 e. The zero-order valence-corrected chi connectivity index (χ0v) is 16.7. The Bertz CT molecular complexity index is 1290. The van der Waals surface area contributed by atoms with Crippen LogP contribution in [-0.4, -0.2) is 40.0 Å².